The third kappa shape index (κ3) is 3.87. The summed E-state index contributed by atoms with van der Waals surface area (Å²) >= 11 is 5.91. The predicted molar refractivity (Wildman–Crippen MR) is 99.9 cm³/mol. The Morgan fingerprint density at radius 1 is 1.19 bits per heavy atom. The summed E-state index contributed by atoms with van der Waals surface area (Å²) in [7, 11) is -3.83. The Kier molecular flexibility index (Phi) is 4.98. The lowest BCUT2D eigenvalue weighted by atomic mass is 10.2. The van der Waals surface area contributed by atoms with Gasteiger partial charge < -0.3 is 0 Å². The zero-order valence-corrected chi connectivity index (χ0v) is 15.4. The lowest BCUT2D eigenvalue weighted by molar-refractivity contribution is 0.600. The number of hydrogen-bond donors (Lipinski definition) is 1. The molecule has 0 amide bonds. The van der Waals surface area contributed by atoms with E-state index in [4.69, 9.17) is 16.9 Å². The van der Waals surface area contributed by atoms with Crippen molar-refractivity contribution in [2.75, 3.05) is 4.72 Å². The van der Waals surface area contributed by atoms with Crippen molar-refractivity contribution in [3.63, 3.8) is 0 Å². The first-order valence-electron chi connectivity index (χ1n) is 7.70. The Morgan fingerprint density at radius 3 is 2.62 bits per heavy atom. The van der Waals surface area contributed by atoms with Crippen molar-refractivity contribution in [3.8, 4) is 11.8 Å². The third-order valence-electron chi connectivity index (χ3n) is 3.63. The molecular formula is C18H15ClN4O2S. The standard InChI is InChI=1S/C18H15ClN4O2S/c1-13-11-18(23(21-13)16-7-5-15(19)6-8-16)22-26(24,25)17-4-2-3-14(12-17)9-10-20/h2-8,11-12,22H,9H2,1H3. The normalized spacial score (nSPS) is 11.1. The fourth-order valence-electron chi connectivity index (χ4n) is 2.46. The van der Waals surface area contributed by atoms with Gasteiger partial charge in [-0.1, -0.05) is 23.7 Å². The SMILES string of the molecule is Cc1cc(NS(=O)(=O)c2cccc(CC#N)c2)n(-c2ccc(Cl)cc2)n1. The van der Waals surface area contributed by atoms with Crippen LogP contribution in [0.3, 0.4) is 0 Å². The number of nitrogens with zero attached hydrogens (tertiary/aromatic N) is 3. The molecule has 26 heavy (non-hydrogen) atoms. The largest absolute Gasteiger partial charge is 0.263 e. The van der Waals surface area contributed by atoms with E-state index in [-0.39, 0.29) is 11.3 Å². The summed E-state index contributed by atoms with van der Waals surface area (Å²) in [5.41, 5.74) is 1.98. The first kappa shape index (κ1) is 18.0. The fourth-order valence-corrected chi connectivity index (χ4v) is 3.69. The second kappa shape index (κ2) is 7.20. The molecule has 0 radical (unpaired) electrons. The van der Waals surface area contributed by atoms with Crippen molar-refractivity contribution in [3.05, 3.63) is 70.9 Å². The van der Waals surface area contributed by atoms with Gasteiger partial charge in [0.05, 0.1) is 28.8 Å². The molecule has 132 valence electrons. The minimum absolute atomic E-state index is 0.0896. The van der Waals surface area contributed by atoms with Crippen LogP contribution in [0.5, 0.6) is 0 Å². The highest BCUT2D eigenvalue weighted by Crippen LogP contribution is 2.22. The lowest BCUT2D eigenvalue weighted by Crippen LogP contribution is -2.16. The van der Waals surface area contributed by atoms with Gasteiger partial charge in [0.1, 0.15) is 5.82 Å². The average Bonchev–Trinajstić information content (AvgIpc) is 2.96. The number of halogens is 1. The molecule has 1 heterocycles. The van der Waals surface area contributed by atoms with E-state index in [1.807, 2.05) is 6.07 Å². The summed E-state index contributed by atoms with van der Waals surface area (Å²) in [5, 5.41) is 13.7. The molecule has 1 aromatic heterocycles. The molecule has 0 aliphatic heterocycles. The van der Waals surface area contributed by atoms with Crippen molar-refractivity contribution in [1.82, 2.24) is 9.78 Å². The maximum atomic E-state index is 12.7. The van der Waals surface area contributed by atoms with Crippen LogP contribution in [0.1, 0.15) is 11.3 Å². The van der Waals surface area contributed by atoms with Gasteiger partial charge in [0.15, 0.2) is 0 Å². The van der Waals surface area contributed by atoms with E-state index in [0.29, 0.717) is 27.8 Å². The number of benzene rings is 2. The van der Waals surface area contributed by atoms with Gasteiger partial charge in [0.25, 0.3) is 10.0 Å². The molecule has 3 rings (SSSR count). The van der Waals surface area contributed by atoms with Crippen molar-refractivity contribution < 1.29 is 8.42 Å². The summed E-state index contributed by atoms with van der Waals surface area (Å²) in [6, 6.07) is 16.9. The number of hydrogen-bond acceptors (Lipinski definition) is 4. The number of nitrogens with one attached hydrogen (secondary N) is 1. The molecule has 0 bridgehead atoms. The summed E-state index contributed by atoms with van der Waals surface area (Å²) in [5.74, 6) is 0.315. The molecule has 6 nitrogen and oxygen atoms in total. The van der Waals surface area contributed by atoms with Crippen LogP contribution in [-0.2, 0) is 16.4 Å². The van der Waals surface area contributed by atoms with Crippen LogP contribution in [0.4, 0.5) is 5.82 Å². The van der Waals surface area contributed by atoms with Crippen molar-refractivity contribution in [1.29, 1.82) is 5.26 Å². The summed E-state index contributed by atoms with van der Waals surface area (Å²) in [6.45, 7) is 1.78. The van der Waals surface area contributed by atoms with E-state index in [1.165, 1.54) is 16.8 Å². The molecule has 0 saturated heterocycles. The molecule has 0 atom stereocenters. The Bertz CT molecular complexity index is 1080. The first-order chi connectivity index (χ1) is 12.4. The van der Waals surface area contributed by atoms with Crippen LogP contribution in [0.2, 0.25) is 5.02 Å². The molecule has 0 unspecified atom stereocenters. The Balaban J connectivity index is 1.97. The van der Waals surface area contributed by atoms with Crippen LogP contribution >= 0.6 is 11.6 Å². The molecule has 1 N–H and O–H groups in total. The summed E-state index contributed by atoms with van der Waals surface area (Å²) < 4.78 is 29.6. The quantitative estimate of drug-likeness (QED) is 0.724. The third-order valence-corrected chi connectivity index (χ3v) is 5.24. The molecule has 0 saturated carbocycles. The number of anilines is 1. The molecular weight excluding hydrogens is 372 g/mol. The van der Waals surface area contributed by atoms with Crippen LogP contribution in [-0.4, -0.2) is 18.2 Å². The second-order valence-corrected chi connectivity index (χ2v) is 7.77. The summed E-state index contributed by atoms with van der Waals surface area (Å²) in [6.07, 6.45) is 0.144. The highest BCUT2D eigenvalue weighted by Gasteiger charge is 2.18. The Morgan fingerprint density at radius 2 is 1.92 bits per heavy atom. The van der Waals surface area contributed by atoms with Gasteiger partial charge in [-0.3, -0.25) is 4.72 Å². The van der Waals surface area contributed by atoms with Gasteiger partial charge in [-0.2, -0.15) is 10.4 Å². The Hall–Kier alpha value is -2.82. The topological polar surface area (TPSA) is 87.8 Å². The van der Waals surface area contributed by atoms with Gasteiger partial charge in [0.2, 0.25) is 0 Å². The summed E-state index contributed by atoms with van der Waals surface area (Å²) in [4.78, 5) is 0.0896. The number of rotatable bonds is 5. The van der Waals surface area contributed by atoms with Gasteiger partial charge in [0, 0.05) is 11.1 Å². The highest BCUT2D eigenvalue weighted by atomic mass is 35.5. The highest BCUT2D eigenvalue weighted by molar-refractivity contribution is 7.92. The Labute approximate surface area is 156 Å². The van der Waals surface area contributed by atoms with Gasteiger partial charge >= 0.3 is 0 Å². The fraction of sp³-hybridized carbons (Fsp3) is 0.111. The monoisotopic (exact) mass is 386 g/mol. The smallest absolute Gasteiger partial charge is 0.263 e. The molecule has 0 spiro atoms. The molecule has 0 aliphatic carbocycles. The van der Waals surface area contributed by atoms with Crippen LogP contribution in [0, 0.1) is 18.3 Å². The molecule has 0 fully saturated rings. The van der Waals surface area contributed by atoms with Gasteiger partial charge in [-0.15, -0.1) is 0 Å². The minimum Gasteiger partial charge on any atom is -0.263 e. The minimum atomic E-state index is -3.83. The maximum absolute atomic E-state index is 12.7. The first-order valence-corrected chi connectivity index (χ1v) is 9.56. The molecule has 2 aromatic carbocycles. The molecule has 0 aliphatic rings. The van der Waals surface area contributed by atoms with E-state index in [1.54, 1.807) is 49.4 Å². The number of aryl methyl sites for hydroxylation is 1. The zero-order valence-electron chi connectivity index (χ0n) is 13.8. The zero-order chi connectivity index (χ0) is 18.7. The van der Waals surface area contributed by atoms with Crippen LogP contribution < -0.4 is 4.72 Å². The lowest BCUT2D eigenvalue weighted by Gasteiger charge is -2.11. The predicted octanol–water partition coefficient (Wildman–Crippen LogP) is 3.70. The second-order valence-electron chi connectivity index (χ2n) is 5.65. The number of aromatic nitrogens is 2. The average molecular weight is 387 g/mol. The number of sulfonamides is 1. The van der Waals surface area contributed by atoms with Gasteiger partial charge in [-0.05, 0) is 48.9 Å². The van der Waals surface area contributed by atoms with E-state index < -0.39 is 10.0 Å². The van der Waals surface area contributed by atoms with Gasteiger partial charge in [-0.25, -0.2) is 13.1 Å². The maximum Gasteiger partial charge on any atom is 0.263 e. The van der Waals surface area contributed by atoms with Crippen LogP contribution in [0.15, 0.2) is 59.5 Å². The van der Waals surface area contributed by atoms with Crippen molar-refractivity contribution in [2.24, 2.45) is 0 Å². The number of nitriles is 1. The van der Waals surface area contributed by atoms with E-state index in [9.17, 15) is 8.42 Å². The van der Waals surface area contributed by atoms with E-state index in [0.717, 1.165) is 0 Å². The van der Waals surface area contributed by atoms with E-state index in [2.05, 4.69) is 9.82 Å². The van der Waals surface area contributed by atoms with Crippen molar-refractivity contribution in [2.45, 2.75) is 18.2 Å². The van der Waals surface area contributed by atoms with Crippen molar-refractivity contribution >= 4 is 27.4 Å². The molecule has 8 heteroatoms. The molecule has 3 aromatic rings. The van der Waals surface area contributed by atoms with Crippen LogP contribution in [0.25, 0.3) is 5.69 Å². The van der Waals surface area contributed by atoms with E-state index >= 15 is 0 Å².